The van der Waals surface area contributed by atoms with Gasteiger partial charge in [-0.05, 0) is 48.6 Å². The van der Waals surface area contributed by atoms with Gasteiger partial charge < -0.3 is 29.3 Å². The zero-order valence-electron chi connectivity index (χ0n) is 17.6. The van der Waals surface area contributed by atoms with Crippen molar-refractivity contribution in [1.82, 2.24) is 5.32 Å². The van der Waals surface area contributed by atoms with Crippen LogP contribution in [0.4, 0.5) is 11.4 Å². The molecule has 0 radical (unpaired) electrons. The molecule has 0 aliphatic heterocycles. The number of hydrogen-bond donors (Lipinski definition) is 3. The third kappa shape index (κ3) is 5.35. The summed E-state index contributed by atoms with van der Waals surface area (Å²) in [5, 5.41) is 8.29. The van der Waals surface area contributed by atoms with Crippen molar-refractivity contribution in [3.63, 3.8) is 0 Å². The van der Waals surface area contributed by atoms with Gasteiger partial charge >= 0.3 is 0 Å². The summed E-state index contributed by atoms with van der Waals surface area (Å²) in [5.74, 6) is 0.614. The van der Waals surface area contributed by atoms with Gasteiger partial charge in [0.15, 0.2) is 10.9 Å². The van der Waals surface area contributed by atoms with Gasteiger partial charge in [-0.3, -0.25) is 14.9 Å². The second kappa shape index (κ2) is 10.3. The lowest BCUT2D eigenvalue weighted by atomic mass is 10.2. The Bertz CT molecular complexity index is 1130. The Morgan fingerprint density at radius 2 is 1.66 bits per heavy atom. The van der Waals surface area contributed by atoms with Crippen molar-refractivity contribution < 1.29 is 28.2 Å². The standard InChI is InChI=1S/C22H21N3O6S/c1-28-14-7-8-15(18(12-14)29-2)20(26)25-22(32)23-13-6-9-16(19(11-13)30-3)24-21(27)17-5-4-10-31-17/h4-12H,1-3H3,(H,24,27)(H2,23,25,26,32). The summed E-state index contributed by atoms with van der Waals surface area (Å²) in [6.07, 6.45) is 1.41. The average molecular weight is 455 g/mol. The van der Waals surface area contributed by atoms with Crippen LogP contribution in [-0.4, -0.2) is 38.3 Å². The highest BCUT2D eigenvalue weighted by Crippen LogP contribution is 2.29. The van der Waals surface area contributed by atoms with E-state index in [0.717, 1.165) is 0 Å². The molecule has 0 spiro atoms. The highest BCUT2D eigenvalue weighted by atomic mass is 32.1. The first-order valence-electron chi connectivity index (χ1n) is 9.32. The predicted octanol–water partition coefficient (Wildman–Crippen LogP) is 3.68. The number of carbonyl (C=O) groups is 2. The normalized spacial score (nSPS) is 10.1. The molecule has 32 heavy (non-hydrogen) atoms. The molecule has 3 rings (SSSR count). The zero-order valence-corrected chi connectivity index (χ0v) is 18.4. The molecule has 166 valence electrons. The Balaban J connectivity index is 1.67. The van der Waals surface area contributed by atoms with Crippen molar-refractivity contribution in [3.05, 3.63) is 66.1 Å². The summed E-state index contributed by atoms with van der Waals surface area (Å²) >= 11 is 5.25. The van der Waals surface area contributed by atoms with Crippen LogP contribution in [0, 0.1) is 0 Å². The first kappa shape index (κ1) is 22.6. The Morgan fingerprint density at radius 3 is 2.31 bits per heavy atom. The number of methoxy groups -OCH3 is 3. The van der Waals surface area contributed by atoms with Crippen molar-refractivity contribution in [2.24, 2.45) is 0 Å². The number of rotatable bonds is 7. The largest absolute Gasteiger partial charge is 0.497 e. The molecular weight excluding hydrogens is 434 g/mol. The number of thiocarbonyl (C=S) groups is 1. The Kier molecular flexibility index (Phi) is 7.29. The van der Waals surface area contributed by atoms with E-state index in [0.29, 0.717) is 34.2 Å². The molecule has 2 aromatic carbocycles. The van der Waals surface area contributed by atoms with Crippen molar-refractivity contribution in [2.75, 3.05) is 32.0 Å². The lowest BCUT2D eigenvalue weighted by Crippen LogP contribution is -2.34. The summed E-state index contributed by atoms with van der Waals surface area (Å²) in [5.41, 5.74) is 1.29. The van der Waals surface area contributed by atoms with Gasteiger partial charge in [-0.25, -0.2) is 0 Å². The topological polar surface area (TPSA) is 111 Å². The van der Waals surface area contributed by atoms with E-state index in [1.165, 1.54) is 27.6 Å². The molecule has 1 heterocycles. The summed E-state index contributed by atoms with van der Waals surface area (Å²) in [6, 6.07) is 12.9. The van der Waals surface area contributed by atoms with Crippen LogP contribution in [0.1, 0.15) is 20.9 Å². The Hall–Kier alpha value is -4.05. The van der Waals surface area contributed by atoms with Crippen molar-refractivity contribution in [3.8, 4) is 17.2 Å². The quantitative estimate of drug-likeness (QED) is 0.463. The van der Waals surface area contributed by atoms with E-state index in [-0.39, 0.29) is 10.9 Å². The van der Waals surface area contributed by atoms with Crippen LogP contribution in [0.3, 0.4) is 0 Å². The van der Waals surface area contributed by atoms with E-state index in [9.17, 15) is 9.59 Å². The summed E-state index contributed by atoms with van der Waals surface area (Å²) in [7, 11) is 4.45. The highest BCUT2D eigenvalue weighted by molar-refractivity contribution is 7.80. The van der Waals surface area contributed by atoms with Gasteiger partial charge in [0.1, 0.15) is 17.2 Å². The van der Waals surface area contributed by atoms with E-state index in [1.807, 2.05) is 0 Å². The summed E-state index contributed by atoms with van der Waals surface area (Å²) < 4.78 is 20.8. The van der Waals surface area contributed by atoms with E-state index in [4.69, 9.17) is 30.8 Å². The van der Waals surface area contributed by atoms with Gasteiger partial charge in [0.05, 0.1) is 38.8 Å². The van der Waals surface area contributed by atoms with Crippen LogP contribution >= 0.6 is 12.2 Å². The Morgan fingerprint density at radius 1 is 0.875 bits per heavy atom. The maximum atomic E-state index is 12.6. The number of hydrogen-bond acceptors (Lipinski definition) is 7. The van der Waals surface area contributed by atoms with Gasteiger partial charge in [0, 0.05) is 17.8 Å². The fourth-order valence-corrected chi connectivity index (χ4v) is 2.99. The molecular formula is C22H21N3O6S. The molecule has 3 aromatic rings. The number of anilines is 2. The van der Waals surface area contributed by atoms with Crippen molar-refractivity contribution >= 4 is 40.5 Å². The SMILES string of the molecule is COc1ccc(C(=O)NC(=S)Nc2ccc(NC(=O)c3ccco3)c(OC)c2)c(OC)c1. The molecule has 10 heteroatoms. The molecule has 0 bridgehead atoms. The minimum Gasteiger partial charge on any atom is -0.497 e. The minimum absolute atomic E-state index is 0.0716. The van der Waals surface area contributed by atoms with Gasteiger partial charge in [-0.2, -0.15) is 0 Å². The highest BCUT2D eigenvalue weighted by Gasteiger charge is 2.16. The van der Waals surface area contributed by atoms with E-state index < -0.39 is 11.8 Å². The smallest absolute Gasteiger partial charge is 0.291 e. The van der Waals surface area contributed by atoms with E-state index in [2.05, 4.69) is 16.0 Å². The van der Waals surface area contributed by atoms with Crippen molar-refractivity contribution in [2.45, 2.75) is 0 Å². The van der Waals surface area contributed by atoms with E-state index in [1.54, 1.807) is 48.5 Å². The Labute approximate surface area is 189 Å². The number of nitrogens with one attached hydrogen (secondary N) is 3. The minimum atomic E-state index is -0.448. The summed E-state index contributed by atoms with van der Waals surface area (Å²) in [6.45, 7) is 0. The lowest BCUT2D eigenvalue weighted by Gasteiger charge is -2.14. The second-order valence-corrected chi connectivity index (χ2v) is 6.73. The van der Waals surface area contributed by atoms with Gasteiger partial charge in [0.25, 0.3) is 11.8 Å². The molecule has 0 unspecified atom stereocenters. The summed E-state index contributed by atoms with van der Waals surface area (Å²) in [4.78, 5) is 24.8. The fourth-order valence-electron chi connectivity index (χ4n) is 2.78. The molecule has 0 aliphatic carbocycles. The van der Waals surface area contributed by atoms with Gasteiger partial charge in [-0.1, -0.05) is 0 Å². The first-order valence-corrected chi connectivity index (χ1v) is 9.73. The van der Waals surface area contributed by atoms with Crippen LogP contribution in [0.2, 0.25) is 0 Å². The van der Waals surface area contributed by atoms with Gasteiger partial charge in [-0.15, -0.1) is 0 Å². The van der Waals surface area contributed by atoms with Crippen LogP contribution < -0.4 is 30.2 Å². The number of ether oxygens (including phenoxy) is 3. The average Bonchev–Trinajstić information content (AvgIpc) is 3.34. The molecule has 2 amide bonds. The second-order valence-electron chi connectivity index (χ2n) is 6.32. The van der Waals surface area contributed by atoms with Crippen LogP contribution in [0.25, 0.3) is 0 Å². The molecule has 0 aliphatic rings. The third-order valence-electron chi connectivity index (χ3n) is 4.33. The monoisotopic (exact) mass is 455 g/mol. The van der Waals surface area contributed by atoms with Crippen LogP contribution in [-0.2, 0) is 0 Å². The fraction of sp³-hybridized carbons (Fsp3) is 0.136. The maximum absolute atomic E-state index is 12.6. The third-order valence-corrected chi connectivity index (χ3v) is 4.54. The maximum Gasteiger partial charge on any atom is 0.291 e. The number of carbonyl (C=O) groups excluding carboxylic acids is 2. The molecule has 3 N–H and O–H groups in total. The zero-order chi connectivity index (χ0) is 23.1. The molecule has 1 aromatic heterocycles. The molecule has 0 atom stereocenters. The first-order chi connectivity index (χ1) is 15.4. The molecule has 9 nitrogen and oxygen atoms in total. The van der Waals surface area contributed by atoms with Crippen LogP contribution in [0.15, 0.2) is 59.2 Å². The van der Waals surface area contributed by atoms with Crippen LogP contribution in [0.5, 0.6) is 17.2 Å². The predicted molar refractivity (Wildman–Crippen MR) is 123 cm³/mol. The van der Waals surface area contributed by atoms with Crippen molar-refractivity contribution in [1.29, 1.82) is 0 Å². The molecule has 0 saturated heterocycles. The molecule has 0 fully saturated rings. The number of benzene rings is 2. The van der Waals surface area contributed by atoms with Gasteiger partial charge in [0.2, 0.25) is 0 Å². The lowest BCUT2D eigenvalue weighted by molar-refractivity contribution is 0.0972. The number of furan rings is 1. The van der Waals surface area contributed by atoms with E-state index >= 15 is 0 Å². The number of amides is 2. The molecule has 0 saturated carbocycles.